The minimum absolute atomic E-state index is 0.0654. The molecule has 0 spiro atoms. The van der Waals surface area contributed by atoms with Gasteiger partial charge in [0.15, 0.2) is 0 Å². The number of aromatic amines is 1. The summed E-state index contributed by atoms with van der Waals surface area (Å²) in [5.41, 5.74) is 1.07. The van der Waals surface area contributed by atoms with Crippen molar-refractivity contribution >= 4 is 54.3 Å². The van der Waals surface area contributed by atoms with Gasteiger partial charge >= 0.3 is 0 Å². The van der Waals surface area contributed by atoms with E-state index in [-0.39, 0.29) is 24.3 Å². The van der Waals surface area contributed by atoms with Crippen LogP contribution in [0.1, 0.15) is 24.4 Å². The molecule has 3 N–H and O–H groups in total. The molecule has 2 heterocycles. The van der Waals surface area contributed by atoms with Gasteiger partial charge in [0.05, 0.1) is 32.6 Å². The van der Waals surface area contributed by atoms with Crippen molar-refractivity contribution in [3.63, 3.8) is 0 Å². The fourth-order valence-electron chi connectivity index (χ4n) is 3.80. The zero-order chi connectivity index (χ0) is 22.4. The van der Waals surface area contributed by atoms with Crippen LogP contribution in [0, 0.1) is 0 Å². The first kappa shape index (κ1) is 22.5. The van der Waals surface area contributed by atoms with Gasteiger partial charge in [0.25, 0.3) is 20.2 Å². The van der Waals surface area contributed by atoms with Crippen molar-refractivity contribution in [2.45, 2.75) is 29.9 Å². The van der Waals surface area contributed by atoms with Crippen LogP contribution in [0.3, 0.4) is 0 Å². The van der Waals surface area contributed by atoms with Crippen LogP contribution in [0.4, 0.5) is 0 Å². The van der Waals surface area contributed by atoms with Gasteiger partial charge in [-0.2, -0.15) is 12.7 Å². The van der Waals surface area contributed by atoms with Gasteiger partial charge in [-0.3, -0.25) is 0 Å². The molecule has 12 heteroatoms. The number of piperidine rings is 1. The standard InChI is InChI=1S/C19H19Cl2N3O5S2/c20-15-7-6-14(19-18(15)16(21)11-22-19)17-10-12(25)8-9-24(17)31(28,29)23-30(26,27)13-4-2-1-3-5-13/h1-7,11-12,17,22-23,25H,8-10H2. The monoisotopic (exact) mass is 503 g/mol. The van der Waals surface area contributed by atoms with Crippen molar-refractivity contribution in [1.29, 1.82) is 0 Å². The Morgan fingerprint density at radius 3 is 2.45 bits per heavy atom. The smallest absolute Gasteiger partial charge is 0.293 e. The van der Waals surface area contributed by atoms with E-state index < -0.39 is 32.4 Å². The molecule has 1 saturated heterocycles. The summed E-state index contributed by atoms with van der Waals surface area (Å²) >= 11 is 12.5. The molecule has 0 bridgehead atoms. The van der Waals surface area contributed by atoms with E-state index in [9.17, 15) is 21.9 Å². The summed E-state index contributed by atoms with van der Waals surface area (Å²) in [6, 6.07) is 9.65. The first-order valence-corrected chi connectivity index (χ1v) is 13.0. The predicted molar refractivity (Wildman–Crippen MR) is 119 cm³/mol. The number of H-pyrrole nitrogens is 1. The van der Waals surface area contributed by atoms with Crippen molar-refractivity contribution in [1.82, 2.24) is 13.4 Å². The van der Waals surface area contributed by atoms with Gasteiger partial charge in [0.2, 0.25) is 0 Å². The lowest BCUT2D eigenvalue weighted by molar-refractivity contribution is 0.0810. The molecule has 1 aliphatic rings. The fraction of sp³-hybridized carbons (Fsp3) is 0.263. The maximum atomic E-state index is 13.2. The number of sulfonamides is 1. The zero-order valence-electron chi connectivity index (χ0n) is 16.0. The molecule has 31 heavy (non-hydrogen) atoms. The molecule has 4 rings (SSSR count). The highest BCUT2D eigenvalue weighted by Gasteiger charge is 2.39. The summed E-state index contributed by atoms with van der Waals surface area (Å²) in [4.78, 5) is 2.83. The molecular weight excluding hydrogens is 485 g/mol. The molecule has 0 saturated carbocycles. The number of halogens is 2. The topological polar surface area (TPSA) is 120 Å². The maximum Gasteiger partial charge on any atom is 0.293 e. The lowest BCUT2D eigenvalue weighted by atomic mass is 9.94. The van der Waals surface area contributed by atoms with E-state index in [1.54, 1.807) is 18.2 Å². The molecule has 1 aliphatic heterocycles. The minimum atomic E-state index is -4.48. The Morgan fingerprint density at radius 2 is 1.74 bits per heavy atom. The van der Waals surface area contributed by atoms with Crippen LogP contribution >= 0.6 is 23.2 Å². The summed E-state index contributed by atoms with van der Waals surface area (Å²) in [5.74, 6) is 0. The Bertz CT molecular complexity index is 1330. The highest BCUT2D eigenvalue weighted by Crippen LogP contribution is 2.40. The largest absolute Gasteiger partial charge is 0.393 e. The van der Waals surface area contributed by atoms with Crippen LogP contribution in [-0.4, -0.2) is 43.9 Å². The van der Waals surface area contributed by atoms with E-state index in [2.05, 4.69) is 4.98 Å². The Balaban J connectivity index is 1.76. The van der Waals surface area contributed by atoms with Crippen LogP contribution in [0.5, 0.6) is 0 Å². The number of rotatable bonds is 5. The van der Waals surface area contributed by atoms with Gasteiger partial charge in [0, 0.05) is 18.1 Å². The molecular formula is C19H19Cl2N3O5S2. The van der Waals surface area contributed by atoms with Gasteiger partial charge in [0.1, 0.15) is 0 Å². The van der Waals surface area contributed by atoms with E-state index in [1.165, 1.54) is 30.5 Å². The highest BCUT2D eigenvalue weighted by molar-refractivity contribution is 8.03. The molecule has 2 aromatic carbocycles. The minimum Gasteiger partial charge on any atom is -0.393 e. The SMILES string of the molecule is O=S(=O)(NS(=O)(=O)N1CCC(O)CC1c1ccc(Cl)c2c(Cl)c[nH]c12)c1ccccc1. The summed E-state index contributed by atoms with van der Waals surface area (Å²) in [6.07, 6.45) is 1.04. The third-order valence-corrected chi connectivity index (χ3v) is 9.51. The third kappa shape index (κ3) is 4.34. The van der Waals surface area contributed by atoms with Crippen LogP contribution in [0.2, 0.25) is 10.0 Å². The number of hydrogen-bond acceptors (Lipinski definition) is 5. The quantitative estimate of drug-likeness (QED) is 0.493. The molecule has 0 radical (unpaired) electrons. The molecule has 1 aromatic heterocycles. The lowest BCUT2D eigenvalue weighted by Gasteiger charge is -2.37. The first-order chi connectivity index (χ1) is 14.6. The van der Waals surface area contributed by atoms with Crippen molar-refractivity contribution in [2.24, 2.45) is 0 Å². The average Bonchev–Trinajstić information content (AvgIpc) is 3.10. The normalized spacial score (nSPS) is 20.9. The van der Waals surface area contributed by atoms with Crippen LogP contribution in [0.15, 0.2) is 53.6 Å². The Morgan fingerprint density at radius 1 is 1.03 bits per heavy atom. The van der Waals surface area contributed by atoms with Gasteiger partial charge in [-0.15, -0.1) is 0 Å². The second-order valence-corrected chi connectivity index (χ2v) is 11.6. The number of benzene rings is 2. The lowest BCUT2D eigenvalue weighted by Crippen LogP contribution is -2.49. The van der Waals surface area contributed by atoms with E-state index in [0.717, 1.165) is 4.31 Å². The van der Waals surface area contributed by atoms with E-state index in [0.29, 0.717) is 26.5 Å². The Labute approximate surface area is 190 Å². The number of aromatic nitrogens is 1. The van der Waals surface area contributed by atoms with E-state index in [4.69, 9.17) is 23.2 Å². The van der Waals surface area contributed by atoms with Crippen molar-refractivity contribution in [3.05, 3.63) is 64.3 Å². The fourth-order valence-corrected chi connectivity index (χ4v) is 7.63. The van der Waals surface area contributed by atoms with Gasteiger partial charge in [-0.05, 0) is 36.6 Å². The Kier molecular flexibility index (Phi) is 6.08. The van der Waals surface area contributed by atoms with Crippen molar-refractivity contribution < 1.29 is 21.9 Å². The molecule has 1 fully saturated rings. The number of aliphatic hydroxyl groups is 1. The predicted octanol–water partition coefficient (Wildman–Crippen LogP) is 3.20. The molecule has 3 aromatic rings. The number of nitrogens with one attached hydrogen (secondary N) is 2. The number of nitrogens with zero attached hydrogens (tertiary/aromatic N) is 1. The maximum absolute atomic E-state index is 13.2. The second kappa shape index (κ2) is 8.36. The second-order valence-electron chi connectivity index (χ2n) is 7.23. The summed E-state index contributed by atoms with van der Waals surface area (Å²) in [6.45, 7) is -0.0654. The first-order valence-electron chi connectivity index (χ1n) is 9.33. The van der Waals surface area contributed by atoms with Crippen LogP contribution in [-0.2, 0) is 20.2 Å². The van der Waals surface area contributed by atoms with Crippen LogP contribution in [0.25, 0.3) is 10.9 Å². The molecule has 2 atom stereocenters. The van der Waals surface area contributed by atoms with Crippen LogP contribution < -0.4 is 4.13 Å². The summed E-state index contributed by atoms with van der Waals surface area (Å²) in [5, 5.41) is 11.5. The third-order valence-electron chi connectivity index (χ3n) is 5.23. The van der Waals surface area contributed by atoms with Gasteiger partial charge in [-0.25, -0.2) is 8.42 Å². The van der Waals surface area contributed by atoms with E-state index >= 15 is 0 Å². The van der Waals surface area contributed by atoms with Crippen molar-refractivity contribution in [2.75, 3.05) is 6.54 Å². The molecule has 2 unspecified atom stereocenters. The van der Waals surface area contributed by atoms with E-state index in [1.807, 2.05) is 4.13 Å². The van der Waals surface area contributed by atoms with Crippen molar-refractivity contribution in [3.8, 4) is 0 Å². The molecule has 0 amide bonds. The number of hydrogen-bond donors (Lipinski definition) is 3. The molecule has 0 aliphatic carbocycles. The van der Waals surface area contributed by atoms with Gasteiger partial charge < -0.3 is 10.1 Å². The van der Waals surface area contributed by atoms with Gasteiger partial charge in [-0.1, -0.05) is 51.6 Å². The number of fused-ring (bicyclic) bond motifs is 1. The molecule has 166 valence electrons. The summed E-state index contributed by atoms with van der Waals surface area (Å²) in [7, 11) is -8.80. The number of aliphatic hydroxyl groups excluding tert-OH is 1. The Hall–Kier alpha value is -1.66. The summed E-state index contributed by atoms with van der Waals surface area (Å²) < 4.78 is 54.5. The average molecular weight is 504 g/mol. The highest BCUT2D eigenvalue weighted by atomic mass is 35.5. The zero-order valence-corrected chi connectivity index (χ0v) is 19.1. The molecule has 8 nitrogen and oxygen atoms in total.